The highest BCUT2D eigenvalue weighted by Gasteiger charge is 2.26. The molecule has 1 aliphatic rings. The van der Waals surface area contributed by atoms with Gasteiger partial charge >= 0.3 is 0 Å². The van der Waals surface area contributed by atoms with E-state index in [4.69, 9.17) is 4.74 Å². The van der Waals surface area contributed by atoms with Gasteiger partial charge in [-0.15, -0.1) is 0 Å². The molecule has 0 spiro atoms. The molecule has 0 amide bonds. The van der Waals surface area contributed by atoms with E-state index in [2.05, 4.69) is 4.72 Å². The number of nitrogens with zero attached hydrogens (tertiary/aromatic N) is 1. The van der Waals surface area contributed by atoms with Gasteiger partial charge in [0.1, 0.15) is 5.75 Å². The molecule has 1 saturated heterocycles. The lowest BCUT2D eigenvalue weighted by Crippen LogP contribution is -2.28. The monoisotopic (exact) mass is 438 g/mol. The molecule has 7 nitrogen and oxygen atoms in total. The van der Waals surface area contributed by atoms with Crippen molar-refractivity contribution in [1.82, 2.24) is 9.03 Å². The van der Waals surface area contributed by atoms with E-state index in [1.807, 2.05) is 6.92 Å². The van der Waals surface area contributed by atoms with Crippen LogP contribution in [0.2, 0.25) is 0 Å². The van der Waals surface area contributed by atoms with Crippen molar-refractivity contribution in [1.29, 1.82) is 0 Å². The molecule has 2 aromatic carbocycles. The molecular formula is C20H26N2O5S2. The van der Waals surface area contributed by atoms with Crippen LogP contribution in [-0.2, 0) is 26.5 Å². The molecule has 1 fully saturated rings. The fourth-order valence-electron chi connectivity index (χ4n) is 3.20. The number of ether oxygens (including phenoxy) is 1. The highest BCUT2D eigenvalue weighted by molar-refractivity contribution is 7.89. The summed E-state index contributed by atoms with van der Waals surface area (Å²) in [6.07, 6.45) is 2.25. The molecule has 0 saturated carbocycles. The van der Waals surface area contributed by atoms with Crippen LogP contribution in [0.3, 0.4) is 0 Å². The van der Waals surface area contributed by atoms with E-state index < -0.39 is 20.0 Å². The third-order valence-electron chi connectivity index (χ3n) is 4.78. The summed E-state index contributed by atoms with van der Waals surface area (Å²) in [6.45, 7) is 3.73. The van der Waals surface area contributed by atoms with Gasteiger partial charge in [-0.3, -0.25) is 0 Å². The number of hydrogen-bond donors (Lipinski definition) is 1. The van der Waals surface area contributed by atoms with Crippen LogP contribution in [0.15, 0.2) is 58.3 Å². The predicted octanol–water partition coefficient (Wildman–Crippen LogP) is 2.39. The van der Waals surface area contributed by atoms with Crippen LogP contribution < -0.4 is 9.46 Å². The van der Waals surface area contributed by atoms with Crippen LogP contribution in [0.25, 0.3) is 0 Å². The third kappa shape index (κ3) is 5.36. The van der Waals surface area contributed by atoms with Crippen molar-refractivity contribution < 1.29 is 21.6 Å². The van der Waals surface area contributed by atoms with Crippen molar-refractivity contribution in [2.45, 2.75) is 36.0 Å². The minimum absolute atomic E-state index is 0.174. The number of nitrogens with one attached hydrogen (secondary N) is 1. The van der Waals surface area contributed by atoms with Crippen LogP contribution in [0.5, 0.6) is 5.75 Å². The summed E-state index contributed by atoms with van der Waals surface area (Å²) < 4.78 is 59.2. The molecule has 0 radical (unpaired) electrons. The van der Waals surface area contributed by atoms with E-state index in [0.29, 0.717) is 31.9 Å². The summed E-state index contributed by atoms with van der Waals surface area (Å²) in [6, 6.07) is 12.9. The van der Waals surface area contributed by atoms with Crippen molar-refractivity contribution in [3.05, 3.63) is 54.1 Å². The quantitative estimate of drug-likeness (QED) is 0.649. The SMILES string of the molecule is CCOc1ccc(S(=O)(=O)NCCc2ccc(S(=O)(=O)N3CCCC3)cc2)cc1. The van der Waals surface area contributed by atoms with Crippen LogP contribution in [0.4, 0.5) is 0 Å². The summed E-state index contributed by atoms with van der Waals surface area (Å²) >= 11 is 0. The van der Waals surface area contributed by atoms with Gasteiger partial charge in [0.15, 0.2) is 0 Å². The standard InChI is InChI=1S/C20H26N2O5S2/c1-2-27-18-7-11-19(12-8-18)28(23,24)21-14-13-17-5-9-20(10-6-17)29(25,26)22-15-3-4-16-22/h5-12,21H,2-4,13-16H2,1H3. The lowest BCUT2D eigenvalue weighted by atomic mass is 10.2. The second-order valence-electron chi connectivity index (χ2n) is 6.81. The van der Waals surface area contributed by atoms with Crippen molar-refractivity contribution >= 4 is 20.0 Å². The van der Waals surface area contributed by atoms with Crippen LogP contribution in [0.1, 0.15) is 25.3 Å². The third-order valence-corrected chi connectivity index (χ3v) is 8.17. The Labute approximate surface area is 172 Å². The molecule has 3 rings (SSSR count). The van der Waals surface area contributed by atoms with Gasteiger partial charge in [0.05, 0.1) is 16.4 Å². The van der Waals surface area contributed by atoms with Crippen molar-refractivity contribution in [2.24, 2.45) is 0 Å². The molecule has 1 aliphatic heterocycles. The highest BCUT2D eigenvalue weighted by atomic mass is 32.2. The largest absolute Gasteiger partial charge is 0.494 e. The molecule has 0 unspecified atom stereocenters. The topological polar surface area (TPSA) is 92.8 Å². The Kier molecular flexibility index (Phi) is 6.94. The van der Waals surface area contributed by atoms with E-state index in [0.717, 1.165) is 18.4 Å². The van der Waals surface area contributed by atoms with Gasteiger partial charge in [-0.05, 0) is 68.1 Å². The fourth-order valence-corrected chi connectivity index (χ4v) is 5.75. The van der Waals surface area contributed by atoms with Gasteiger partial charge in [-0.1, -0.05) is 12.1 Å². The second-order valence-corrected chi connectivity index (χ2v) is 10.5. The van der Waals surface area contributed by atoms with E-state index in [1.54, 1.807) is 36.4 Å². The first-order valence-corrected chi connectivity index (χ1v) is 12.6. The smallest absolute Gasteiger partial charge is 0.243 e. The zero-order valence-corrected chi connectivity index (χ0v) is 18.0. The van der Waals surface area contributed by atoms with Crippen LogP contribution in [0, 0.1) is 0 Å². The molecule has 158 valence electrons. The van der Waals surface area contributed by atoms with Crippen molar-refractivity contribution in [3.63, 3.8) is 0 Å². The minimum atomic E-state index is -3.61. The van der Waals surface area contributed by atoms with E-state index >= 15 is 0 Å². The van der Waals surface area contributed by atoms with Gasteiger partial charge in [0, 0.05) is 19.6 Å². The molecule has 0 atom stereocenters. The summed E-state index contributed by atoms with van der Waals surface area (Å²) in [4.78, 5) is 0.450. The summed E-state index contributed by atoms with van der Waals surface area (Å²) in [5, 5.41) is 0. The number of sulfonamides is 2. The molecule has 2 aromatic rings. The Morgan fingerprint density at radius 3 is 2.07 bits per heavy atom. The van der Waals surface area contributed by atoms with Gasteiger partial charge in [0.25, 0.3) is 0 Å². The Hall–Kier alpha value is -1.94. The molecule has 1 N–H and O–H groups in total. The predicted molar refractivity (Wildman–Crippen MR) is 111 cm³/mol. The maximum absolute atomic E-state index is 12.5. The molecule has 1 heterocycles. The fraction of sp³-hybridized carbons (Fsp3) is 0.400. The second kappa shape index (κ2) is 9.25. The van der Waals surface area contributed by atoms with Crippen molar-refractivity contribution in [2.75, 3.05) is 26.2 Å². The summed E-state index contributed by atoms with van der Waals surface area (Å²) in [5.74, 6) is 0.621. The first-order valence-electron chi connectivity index (χ1n) is 9.64. The number of rotatable bonds is 9. The lowest BCUT2D eigenvalue weighted by Gasteiger charge is -2.15. The van der Waals surface area contributed by atoms with E-state index in [9.17, 15) is 16.8 Å². The summed E-state index contributed by atoms with van der Waals surface area (Å²) in [5.41, 5.74) is 0.861. The highest BCUT2D eigenvalue weighted by Crippen LogP contribution is 2.21. The maximum atomic E-state index is 12.5. The Morgan fingerprint density at radius 2 is 1.48 bits per heavy atom. The molecule has 29 heavy (non-hydrogen) atoms. The zero-order chi connectivity index (χ0) is 20.9. The molecular weight excluding hydrogens is 412 g/mol. The molecule has 9 heteroatoms. The summed E-state index contributed by atoms with van der Waals surface area (Å²) in [7, 11) is -7.04. The van der Waals surface area contributed by atoms with Gasteiger partial charge in [0.2, 0.25) is 20.0 Å². The van der Waals surface area contributed by atoms with E-state index in [-0.39, 0.29) is 16.3 Å². The zero-order valence-electron chi connectivity index (χ0n) is 16.4. The van der Waals surface area contributed by atoms with Gasteiger partial charge < -0.3 is 4.74 Å². The first-order chi connectivity index (χ1) is 13.8. The van der Waals surface area contributed by atoms with E-state index in [1.165, 1.54) is 16.4 Å². The number of hydrogen-bond acceptors (Lipinski definition) is 5. The Balaban J connectivity index is 1.57. The number of benzene rings is 2. The molecule has 0 aliphatic carbocycles. The Bertz CT molecular complexity index is 1010. The minimum Gasteiger partial charge on any atom is -0.494 e. The maximum Gasteiger partial charge on any atom is 0.243 e. The van der Waals surface area contributed by atoms with Gasteiger partial charge in [-0.2, -0.15) is 4.31 Å². The normalized spacial score (nSPS) is 15.5. The molecule has 0 bridgehead atoms. The molecule has 0 aromatic heterocycles. The first kappa shape index (κ1) is 21.8. The average Bonchev–Trinajstić information content (AvgIpc) is 3.25. The van der Waals surface area contributed by atoms with Crippen molar-refractivity contribution in [3.8, 4) is 5.75 Å². The van der Waals surface area contributed by atoms with Gasteiger partial charge in [-0.25, -0.2) is 21.6 Å². The average molecular weight is 439 g/mol. The van der Waals surface area contributed by atoms with Crippen LogP contribution in [-0.4, -0.2) is 47.4 Å². The Morgan fingerprint density at radius 1 is 0.897 bits per heavy atom. The lowest BCUT2D eigenvalue weighted by molar-refractivity contribution is 0.340. The van der Waals surface area contributed by atoms with Crippen LogP contribution >= 0.6 is 0 Å².